The molecule has 2 heteroatoms. The maximum Gasteiger partial charge on any atom is 0.119 e. The fraction of sp³-hybridized carbons (Fsp3) is 0.571. The van der Waals surface area contributed by atoms with Crippen molar-refractivity contribution < 1.29 is 4.74 Å². The second kappa shape index (κ2) is 5.35. The molecule has 0 saturated heterocycles. The molecule has 0 aromatic heterocycles. The van der Waals surface area contributed by atoms with Crippen molar-refractivity contribution in [2.75, 3.05) is 6.61 Å². The highest BCUT2D eigenvalue weighted by Gasteiger charge is 2.21. The van der Waals surface area contributed by atoms with Gasteiger partial charge in [0.15, 0.2) is 0 Å². The Balaban J connectivity index is 1.86. The summed E-state index contributed by atoms with van der Waals surface area (Å²) >= 11 is 0. The van der Waals surface area contributed by atoms with E-state index in [-0.39, 0.29) is 6.04 Å². The average Bonchev–Trinajstić information content (AvgIpc) is 3.11. The first-order chi connectivity index (χ1) is 7.79. The van der Waals surface area contributed by atoms with Crippen LogP contribution in [-0.4, -0.2) is 6.61 Å². The second-order valence-electron chi connectivity index (χ2n) is 4.63. The van der Waals surface area contributed by atoms with Gasteiger partial charge in [0.2, 0.25) is 0 Å². The lowest BCUT2D eigenvalue weighted by Crippen LogP contribution is -2.10. The normalized spacial score (nSPS) is 17.1. The molecule has 1 saturated carbocycles. The van der Waals surface area contributed by atoms with Crippen LogP contribution in [0, 0.1) is 5.92 Å². The Hall–Kier alpha value is -1.02. The van der Waals surface area contributed by atoms with Gasteiger partial charge in [-0.3, -0.25) is 0 Å². The van der Waals surface area contributed by atoms with Crippen molar-refractivity contribution in [2.24, 2.45) is 11.7 Å². The van der Waals surface area contributed by atoms with E-state index < -0.39 is 0 Å². The minimum absolute atomic E-state index is 0.191. The Kier molecular flexibility index (Phi) is 3.83. The molecule has 16 heavy (non-hydrogen) atoms. The molecular weight excluding hydrogens is 198 g/mol. The van der Waals surface area contributed by atoms with Crippen LogP contribution in [0.25, 0.3) is 0 Å². The van der Waals surface area contributed by atoms with Crippen molar-refractivity contribution in [3.63, 3.8) is 0 Å². The van der Waals surface area contributed by atoms with Gasteiger partial charge in [0, 0.05) is 6.04 Å². The molecule has 1 aromatic carbocycles. The molecule has 2 nitrogen and oxygen atoms in total. The first-order valence-corrected chi connectivity index (χ1v) is 6.28. The molecule has 1 fully saturated rings. The average molecular weight is 219 g/mol. The quantitative estimate of drug-likeness (QED) is 0.797. The lowest BCUT2D eigenvalue weighted by Gasteiger charge is -2.12. The van der Waals surface area contributed by atoms with Crippen LogP contribution in [0.3, 0.4) is 0 Å². The summed E-state index contributed by atoms with van der Waals surface area (Å²) in [6.07, 6.45) is 5.22. The smallest absolute Gasteiger partial charge is 0.119 e. The molecule has 0 aliphatic heterocycles. The third-order valence-electron chi connectivity index (χ3n) is 3.20. The van der Waals surface area contributed by atoms with E-state index in [1.54, 1.807) is 0 Å². The number of ether oxygens (including phenoxy) is 1. The molecule has 1 aromatic rings. The van der Waals surface area contributed by atoms with Crippen molar-refractivity contribution in [1.82, 2.24) is 0 Å². The molecule has 2 rings (SSSR count). The van der Waals surface area contributed by atoms with Crippen molar-refractivity contribution >= 4 is 0 Å². The van der Waals surface area contributed by atoms with E-state index in [2.05, 4.69) is 12.1 Å². The monoisotopic (exact) mass is 219 g/mol. The van der Waals surface area contributed by atoms with E-state index in [1.165, 1.54) is 24.8 Å². The van der Waals surface area contributed by atoms with Crippen molar-refractivity contribution in [2.45, 2.75) is 38.6 Å². The van der Waals surface area contributed by atoms with E-state index in [1.807, 2.05) is 19.1 Å². The zero-order chi connectivity index (χ0) is 11.4. The summed E-state index contributed by atoms with van der Waals surface area (Å²) in [6.45, 7) is 2.71. The van der Waals surface area contributed by atoms with Crippen LogP contribution >= 0.6 is 0 Å². The van der Waals surface area contributed by atoms with Crippen LogP contribution in [0.1, 0.15) is 44.2 Å². The largest absolute Gasteiger partial charge is 0.494 e. The third kappa shape index (κ3) is 3.24. The van der Waals surface area contributed by atoms with Crippen molar-refractivity contribution in [3.8, 4) is 5.75 Å². The van der Waals surface area contributed by atoms with Gasteiger partial charge in [-0.2, -0.15) is 0 Å². The summed E-state index contributed by atoms with van der Waals surface area (Å²) in [7, 11) is 0. The number of nitrogens with two attached hydrogens (primary N) is 1. The Bertz CT molecular complexity index is 316. The Labute approximate surface area is 97.8 Å². The molecule has 1 aliphatic rings. The summed E-state index contributed by atoms with van der Waals surface area (Å²) in [5.41, 5.74) is 7.38. The molecule has 0 spiro atoms. The predicted molar refractivity (Wildman–Crippen MR) is 66.5 cm³/mol. The van der Waals surface area contributed by atoms with Gasteiger partial charge in [0.25, 0.3) is 0 Å². The Morgan fingerprint density at radius 3 is 2.56 bits per heavy atom. The van der Waals surface area contributed by atoms with Crippen LogP contribution in [0.5, 0.6) is 5.75 Å². The molecule has 1 atom stereocenters. The second-order valence-corrected chi connectivity index (χ2v) is 4.63. The first-order valence-electron chi connectivity index (χ1n) is 6.28. The van der Waals surface area contributed by atoms with E-state index >= 15 is 0 Å². The van der Waals surface area contributed by atoms with Crippen LogP contribution in [0.2, 0.25) is 0 Å². The SMILES string of the molecule is CCOc1ccc(C(N)CCC2CC2)cc1. The van der Waals surface area contributed by atoms with Gasteiger partial charge in [0.1, 0.15) is 5.75 Å². The van der Waals surface area contributed by atoms with Gasteiger partial charge in [-0.25, -0.2) is 0 Å². The summed E-state index contributed by atoms with van der Waals surface area (Å²) in [5, 5.41) is 0. The molecule has 0 amide bonds. The van der Waals surface area contributed by atoms with Gasteiger partial charge in [0.05, 0.1) is 6.61 Å². The van der Waals surface area contributed by atoms with Crippen LogP contribution in [-0.2, 0) is 0 Å². The van der Waals surface area contributed by atoms with Crippen LogP contribution in [0.15, 0.2) is 24.3 Å². The Morgan fingerprint density at radius 1 is 1.31 bits per heavy atom. The highest BCUT2D eigenvalue weighted by Crippen LogP contribution is 2.35. The van der Waals surface area contributed by atoms with E-state index in [9.17, 15) is 0 Å². The zero-order valence-corrected chi connectivity index (χ0v) is 9.99. The first kappa shape index (κ1) is 11.5. The van der Waals surface area contributed by atoms with Crippen LogP contribution < -0.4 is 10.5 Å². The molecule has 0 heterocycles. The Morgan fingerprint density at radius 2 is 2.00 bits per heavy atom. The predicted octanol–water partition coefficient (Wildman–Crippen LogP) is 3.28. The lowest BCUT2D eigenvalue weighted by atomic mass is 10.0. The highest BCUT2D eigenvalue weighted by molar-refractivity contribution is 5.29. The van der Waals surface area contributed by atoms with Gasteiger partial charge in [-0.1, -0.05) is 25.0 Å². The zero-order valence-electron chi connectivity index (χ0n) is 9.99. The van der Waals surface area contributed by atoms with Gasteiger partial charge in [-0.15, -0.1) is 0 Å². The number of hydrogen-bond donors (Lipinski definition) is 1. The summed E-state index contributed by atoms with van der Waals surface area (Å²) in [5.74, 6) is 1.90. The van der Waals surface area contributed by atoms with E-state index in [0.29, 0.717) is 6.61 Å². The number of rotatable bonds is 6. The summed E-state index contributed by atoms with van der Waals surface area (Å²) < 4.78 is 5.41. The molecule has 1 aliphatic carbocycles. The third-order valence-corrected chi connectivity index (χ3v) is 3.20. The molecule has 0 bridgehead atoms. The van der Waals surface area contributed by atoms with Gasteiger partial charge < -0.3 is 10.5 Å². The number of benzene rings is 1. The highest BCUT2D eigenvalue weighted by atomic mass is 16.5. The molecular formula is C14H21NO. The van der Waals surface area contributed by atoms with Gasteiger partial charge >= 0.3 is 0 Å². The van der Waals surface area contributed by atoms with E-state index in [0.717, 1.165) is 18.1 Å². The minimum Gasteiger partial charge on any atom is -0.494 e. The minimum atomic E-state index is 0.191. The summed E-state index contributed by atoms with van der Waals surface area (Å²) in [4.78, 5) is 0. The lowest BCUT2D eigenvalue weighted by molar-refractivity contribution is 0.340. The topological polar surface area (TPSA) is 35.2 Å². The van der Waals surface area contributed by atoms with Crippen LogP contribution in [0.4, 0.5) is 0 Å². The fourth-order valence-corrected chi connectivity index (χ4v) is 1.97. The molecule has 88 valence electrons. The summed E-state index contributed by atoms with van der Waals surface area (Å²) in [6, 6.07) is 8.38. The van der Waals surface area contributed by atoms with E-state index in [4.69, 9.17) is 10.5 Å². The van der Waals surface area contributed by atoms with Crippen molar-refractivity contribution in [3.05, 3.63) is 29.8 Å². The molecule has 0 radical (unpaired) electrons. The van der Waals surface area contributed by atoms with Gasteiger partial charge in [-0.05, 0) is 43.4 Å². The molecule has 1 unspecified atom stereocenters. The maximum atomic E-state index is 6.15. The number of hydrogen-bond acceptors (Lipinski definition) is 2. The fourth-order valence-electron chi connectivity index (χ4n) is 1.97. The standard InChI is InChI=1S/C14H21NO/c1-2-16-13-8-6-12(7-9-13)14(15)10-5-11-3-4-11/h6-9,11,14H,2-5,10,15H2,1H3. The molecule has 2 N–H and O–H groups in total. The maximum absolute atomic E-state index is 6.15. The van der Waals surface area contributed by atoms with Crippen molar-refractivity contribution in [1.29, 1.82) is 0 Å².